The molecule has 0 bridgehead atoms. The molecule has 0 aromatic heterocycles. The van der Waals surface area contributed by atoms with E-state index in [2.05, 4.69) is 10.6 Å². The van der Waals surface area contributed by atoms with Crippen LogP contribution in [0, 0.1) is 5.41 Å². The molecule has 21 heavy (non-hydrogen) atoms. The second kappa shape index (κ2) is 6.13. The van der Waals surface area contributed by atoms with Crippen LogP contribution >= 0.6 is 0 Å². The van der Waals surface area contributed by atoms with Gasteiger partial charge in [-0.15, -0.1) is 0 Å². The molecule has 0 radical (unpaired) electrons. The summed E-state index contributed by atoms with van der Waals surface area (Å²) in [4.78, 5) is 25.1. The second-order valence-corrected chi connectivity index (χ2v) is 5.65. The Morgan fingerprint density at radius 2 is 2.10 bits per heavy atom. The zero-order valence-corrected chi connectivity index (χ0v) is 12.3. The number of aliphatic carboxylic acids is 1. The highest BCUT2D eigenvalue weighted by Gasteiger charge is 2.42. The molecule has 1 heterocycles. The number of amides is 2. The average molecular weight is 291 g/mol. The molecule has 114 valence electrons. The minimum absolute atomic E-state index is 0.238. The lowest BCUT2D eigenvalue weighted by Gasteiger charge is -2.21. The number of hydrogen-bond acceptors (Lipinski definition) is 3. The number of carbonyl (C=O) groups is 2. The van der Waals surface area contributed by atoms with Crippen LogP contribution in [0.2, 0.25) is 0 Å². The standard InChI is InChI=1S/C15H21N3O3/c1-15(13(19)20)7-8-18(10-15)14(21)17-12-6-4-3-5-11(12)9-16-2/h3-6,16H,7-10H2,1-2H3,(H,17,21)(H,19,20). The zero-order chi connectivity index (χ0) is 15.5. The molecule has 1 aliphatic heterocycles. The summed E-state index contributed by atoms with van der Waals surface area (Å²) in [7, 11) is 1.84. The summed E-state index contributed by atoms with van der Waals surface area (Å²) in [5.41, 5.74) is 0.899. The molecule has 0 spiro atoms. The van der Waals surface area contributed by atoms with Crippen LogP contribution in [-0.2, 0) is 11.3 Å². The largest absolute Gasteiger partial charge is 0.481 e. The van der Waals surface area contributed by atoms with E-state index in [-0.39, 0.29) is 12.6 Å². The Kier molecular flexibility index (Phi) is 4.47. The van der Waals surface area contributed by atoms with Gasteiger partial charge in [0.2, 0.25) is 0 Å². The Morgan fingerprint density at radius 3 is 2.71 bits per heavy atom. The van der Waals surface area contributed by atoms with Crippen molar-refractivity contribution in [2.24, 2.45) is 5.41 Å². The molecule has 1 unspecified atom stereocenters. The van der Waals surface area contributed by atoms with Crippen molar-refractivity contribution in [3.05, 3.63) is 29.8 Å². The molecule has 1 saturated heterocycles. The number of nitrogens with one attached hydrogen (secondary N) is 2. The number of nitrogens with zero attached hydrogens (tertiary/aromatic N) is 1. The van der Waals surface area contributed by atoms with Crippen LogP contribution in [-0.4, -0.2) is 42.1 Å². The van der Waals surface area contributed by atoms with E-state index < -0.39 is 11.4 Å². The van der Waals surface area contributed by atoms with Crippen molar-refractivity contribution in [2.45, 2.75) is 19.9 Å². The first-order valence-electron chi connectivity index (χ1n) is 6.98. The molecule has 3 N–H and O–H groups in total. The van der Waals surface area contributed by atoms with E-state index in [1.807, 2.05) is 31.3 Å². The van der Waals surface area contributed by atoms with Crippen LogP contribution in [0.5, 0.6) is 0 Å². The number of carboxylic acid groups (broad SMARTS) is 1. The van der Waals surface area contributed by atoms with Crippen LogP contribution in [0.25, 0.3) is 0 Å². The van der Waals surface area contributed by atoms with Crippen LogP contribution in [0.4, 0.5) is 10.5 Å². The molecular formula is C15H21N3O3. The van der Waals surface area contributed by atoms with Gasteiger partial charge in [-0.2, -0.15) is 0 Å². The van der Waals surface area contributed by atoms with Gasteiger partial charge >= 0.3 is 12.0 Å². The summed E-state index contributed by atoms with van der Waals surface area (Å²) < 4.78 is 0. The predicted octanol–water partition coefficient (Wildman–Crippen LogP) is 1.73. The van der Waals surface area contributed by atoms with Crippen molar-refractivity contribution in [3.8, 4) is 0 Å². The number of hydrogen-bond donors (Lipinski definition) is 3. The second-order valence-electron chi connectivity index (χ2n) is 5.65. The van der Waals surface area contributed by atoms with Gasteiger partial charge in [0.25, 0.3) is 0 Å². The number of likely N-dealkylation sites (tertiary alicyclic amines) is 1. The van der Waals surface area contributed by atoms with Gasteiger partial charge in [0.1, 0.15) is 0 Å². The summed E-state index contributed by atoms with van der Waals surface area (Å²) in [6, 6.07) is 7.32. The maximum atomic E-state index is 12.3. The van der Waals surface area contributed by atoms with E-state index in [1.165, 1.54) is 0 Å². The molecule has 6 heteroatoms. The van der Waals surface area contributed by atoms with E-state index in [0.29, 0.717) is 19.5 Å². The third-order valence-electron chi connectivity index (χ3n) is 3.90. The monoisotopic (exact) mass is 291 g/mol. The number of carbonyl (C=O) groups excluding carboxylic acids is 1. The Labute approximate surface area is 124 Å². The average Bonchev–Trinajstić information content (AvgIpc) is 2.85. The van der Waals surface area contributed by atoms with Crippen LogP contribution < -0.4 is 10.6 Å². The molecule has 1 aromatic carbocycles. The van der Waals surface area contributed by atoms with Crippen molar-refractivity contribution in [2.75, 3.05) is 25.5 Å². The summed E-state index contributed by atoms with van der Waals surface area (Å²) in [5.74, 6) is -0.853. The van der Waals surface area contributed by atoms with E-state index in [0.717, 1.165) is 11.3 Å². The van der Waals surface area contributed by atoms with E-state index in [9.17, 15) is 14.7 Å². The molecule has 2 rings (SSSR count). The lowest BCUT2D eigenvalue weighted by molar-refractivity contribution is -0.146. The van der Waals surface area contributed by atoms with Crippen LogP contribution in [0.3, 0.4) is 0 Å². The Hall–Kier alpha value is -2.08. The highest BCUT2D eigenvalue weighted by molar-refractivity contribution is 5.91. The topological polar surface area (TPSA) is 81.7 Å². The lowest BCUT2D eigenvalue weighted by atomic mass is 9.90. The number of urea groups is 1. The Bertz CT molecular complexity index is 547. The van der Waals surface area contributed by atoms with Gasteiger partial charge in [-0.3, -0.25) is 4.79 Å². The fraction of sp³-hybridized carbons (Fsp3) is 0.467. The summed E-state index contributed by atoms with van der Waals surface area (Å²) in [6.07, 6.45) is 0.480. The van der Waals surface area contributed by atoms with Gasteiger partial charge in [-0.05, 0) is 32.0 Å². The smallest absolute Gasteiger partial charge is 0.321 e. The van der Waals surface area contributed by atoms with Gasteiger partial charge in [0.15, 0.2) is 0 Å². The van der Waals surface area contributed by atoms with Gasteiger partial charge in [0, 0.05) is 25.3 Å². The van der Waals surface area contributed by atoms with Gasteiger partial charge in [0.05, 0.1) is 5.41 Å². The molecule has 0 saturated carbocycles. The lowest BCUT2D eigenvalue weighted by Crippen LogP contribution is -2.37. The van der Waals surface area contributed by atoms with Crippen molar-refractivity contribution in [3.63, 3.8) is 0 Å². The van der Waals surface area contributed by atoms with Crippen LogP contribution in [0.1, 0.15) is 18.9 Å². The third-order valence-corrected chi connectivity index (χ3v) is 3.90. The van der Waals surface area contributed by atoms with Crippen molar-refractivity contribution < 1.29 is 14.7 Å². The first-order chi connectivity index (χ1) is 9.96. The molecule has 1 aromatic rings. The summed E-state index contributed by atoms with van der Waals surface area (Å²) >= 11 is 0. The molecule has 6 nitrogen and oxygen atoms in total. The maximum absolute atomic E-state index is 12.3. The third kappa shape index (κ3) is 3.33. The maximum Gasteiger partial charge on any atom is 0.321 e. The predicted molar refractivity (Wildman–Crippen MR) is 80.2 cm³/mol. The molecular weight excluding hydrogens is 270 g/mol. The van der Waals surface area contributed by atoms with Gasteiger partial charge in [-0.1, -0.05) is 18.2 Å². The van der Waals surface area contributed by atoms with E-state index >= 15 is 0 Å². The number of benzene rings is 1. The summed E-state index contributed by atoms with van der Waals surface area (Å²) in [6.45, 7) is 3.03. The van der Waals surface area contributed by atoms with Crippen molar-refractivity contribution in [1.82, 2.24) is 10.2 Å². The van der Waals surface area contributed by atoms with E-state index in [4.69, 9.17) is 0 Å². The minimum Gasteiger partial charge on any atom is -0.481 e. The molecule has 0 aliphatic carbocycles. The van der Waals surface area contributed by atoms with Gasteiger partial charge < -0.3 is 20.6 Å². The number of carboxylic acids is 1. The molecule has 2 amide bonds. The molecule has 1 aliphatic rings. The minimum atomic E-state index is -0.853. The first-order valence-corrected chi connectivity index (χ1v) is 6.98. The Morgan fingerprint density at radius 1 is 1.38 bits per heavy atom. The zero-order valence-electron chi connectivity index (χ0n) is 12.3. The van der Waals surface area contributed by atoms with Crippen molar-refractivity contribution >= 4 is 17.7 Å². The molecule has 1 atom stereocenters. The number of para-hydroxylation sites is 1. The highest BCUT2D eigenvalue weighted by atomic mass is 16.4. The van der Waals surface area contributed by atoms with E-state index in [1.54, 1.807) is 11.8 Å². The molecule has 1 fully saturated rings. The Balaban J connectivity index is 2.05. The highest BCUT2D eigenvalue weighted by Crippen LogP contribution is 2.30. The van der Waals surface area contributed by atoms with Crippen LogP contribution in [0.15, 0.2) is 24.3 Å². The quantitative estimate of drug-likeness (QED) is 0.789. The van der Waals surface area contributed by atoms with Gasteiger partial charge in [-0.25, -0.2) is 4.79 Å². The normalized spacial score (nSPS) is 21.3. The first kappa shape index (κ1) is 15.3. The van der Waals surface area contributed by atoms with Crippen molar-refractivity contribution in [1.29, 1.82) is 0 Å². The fourth-order valence-corrected chi connectivity index (χ4v) is 2.49. The number of anilines is 1. The SMILES string of the molecule is CNCc1ccccc1NC(=O)N1CCC(C)(C(=O)O)C1. The number of rotatable bonds is 4. The fourth-order valence-electron chi connectivity index (χ4n) is 2.49. The summed E-state index contributed by atoms with van der Waals surface area (Å²) in [5, 5.41) is 15.1.